The molecule has 1 aromatic heterocycles. The van der Waals surface area contributed by atoms with Crippen molar-refractivity contribution in [2.75, 3.05) is 23.3 Å². The third-order valence-electron chi connectivity index (χ3n) is 4.23. The Kier molecular flexibility index (Phi) is 6.53. The Balaban J connectivity index is 1.99. The first-order chi connectivity index (χ1) is 14.3. The van der Waals surface area contributed by atoms with Gasteiger partial charge >= 0.3 is 5.97 Å². The number of rotatable bonds is 7. The Morgan fingerprint density at radius 3 is 2.33 bits per heavy atom. The van der Waals surface area contributed by atoms with Crippen LogP contribution in [0.2, 0.25) is 0 Å². The number of ether oxygens (including phenoxy) is 1. The summed E-state index contributed by atoms with van der Waals surface area (Å²) in [6, 6.07) is 16.8. The Morgan fingerprint density at radius 1 is 1.03 bits per heavy atom. The van der Waals surface area contributed by atoms with Gasteiger partial charge in [0.25, 0.3) is 10.0 Å². The van der Waals surface area contributed by atoms with Gasteiger partial charge in [-0.2, -0.15) is 0 Å². The van der Waals surface area contributed by atoms with Crippen molar-refractivity contribution in [2.24, 2.45) is 0 Å². The number of esters is 1. The van der Waals surface area contributed by atoms with Crippen molar-refractivity contribution in [2.45, 2.75) is 11.8 Å². The summed E-state index contributed by atoms with van der Waals surface area (Å²) >= 11 is 0.965. The number of amides is 1. The number of anilines is 2. The molecule has 0 aliphatic rings. The lowest BCUT2D eigenvalue weighted by Gasteiger charge is -2.24. The molecule has 0 fully saturated rings. The van der Waals surface area contributed by atoms with Gasteiger partial charge in [-0.25, -0.2) is 13.2 Å². The van der Waals surface area contributed by atoms with Crippen molar-refractivity contribution in [3.63, 3.8) is 0 Å². The van der Waals surface area contributed by atoms with E-state index in [4.69, 9.17) is 4.74 Å². The van der Waals surface area contributed by atoms with Gasteiger partial charge in [0.2, 0.25) is 5.91 Å². The highest BCUT2D eigenvalue weighted by Crippen LogP contribution is 2.29. The second-order valence-corrected chi connectivity index (χ2v) is 9.11. The predicted molar refractivity (Wildman–Crippen MR) is 116 cm³/mol. The number of methoxy groups -OCH3 is 1. The van der Waals surface area contributed by atoms with E-state index in [-0.39, 0.29) is 9.77 Å². The fourth-order valence-corrected chi connectivity index (χ4v) is 5.47. The smallest absolute Gasteiger partial charge is 0.349 e. The third-order valence-corrected chi connectivity index (χ3v) is 7.07. The van der Waals surface area contributed by atoms with Crippen molar-refractivity contribution in [3.05, 3.63) is 76.5 Å². The lowest BCUT2D eigenvalue weighted by Crippen LogP contribution is -2.38. The van der Waals surface area contributed by atoms with Crippen molar-refractivity contribution in [3.8, 4) is 0 Å². The van der Waals surface area contributed by atoms with Crippen LogP contribution in [0.4, 0.5) is 11.4 Å². The molecule has 3 rings (SSSR count). The lowest BCUT2D eigenvalue weighted by molar-refractivity contribution is -0.114. The quantitative estimate of drug-likeness (QED) is 0.561. The standard InChI is InChI=1S/C21H20N2O5S2/c1-15-8-10-17(11-9-15)23(14-19(24)22-16-6-4-3-5-7-16)30(26,27)18-12-13-29-20(18)21(25)28-2/h3-13H,14H2,1-2H3,(H,22,24). The van der Waals surface area contributed by atoms with E-state index in [1.807, 2.05) is 13.0 Å². The van der Waals surface area contributed by atoms with Crippen LogP contribution in [-0.2, 0) is 19.6 Å². The van der Waals surface area contributed by atoms with Gasteiger partial charge in [-0.05, 0) is 42.6 Å². The average molecular weight is 445 g/mol. The Bertz CT molecular complexity index is 1140. The normalized spacial score (nSPS) is 11.0. The molecule has 30 heavy (non-hydrogen) atoms. The molecule has 7 nitrogen and oxygen atoms in total. The minimum absolute atomic E-state index is 0.0434. The molecule has 1 amide bonds. The molecule has 0 atom stereocenters. The van der Waals surface area contributed by atoms with Crippen molar-refractivity contribution in [1.29, 1.82) is 0 Å². The van der Waals surface area contributed by atoms with Crippen LogP contribution in [0.5, 0.6) is 0 Å². The molecular weight excluding hydrogens is 424 g/mol. The van der Waals surface area contributed by atoms with E-state index in [0.717, 1.165) is 21.2 Å². The maximum atomic E-state index is 13.5. The minimum atomic E-state index is -4.21. The van der Waals surface area contributed by atoms with Gasteiger partial charge < -0.3 is 10.1 Å². The monoisotopic (exact) mass is 444 g/mol. The number of benzene rings is 2. The first-order valence-corrected chi connectivity index (χ1v) is 11.2. The Morgan fingerprint density at radius 2 is 1.70 bits per heavy atom. The number of carbonyl (C=O) groups excluding carboxylic acids is 2. The van der Waals surface area contributed by atoms with Crippen LogP contribution in [0.15, 0.2) is 70.9 Å². The molecule has 3 aromatic rings. The third kappa shape index (κ3) is 4.69. The highest BCUT2D eigenvalue weighted by Gasteiger charge is 2.32. The number of nitrogens with one attached hydrogen (secondary N) is 1. The Labute approximate surface area is 179 Å². The SMILES string of the molecule is COC(=O)c1sccc1S(=O)(=O)N(CC(=O)Nc1ccccc1)c1ccc(C)cc1. The number of thiophene rings is 1. The van der Waals surface area contributed by atoms with Gasteiger partial charge in [-0.15, -0.1) is 11.3 Å². The van der Waals surface area contributed by atoms with Gasteiger partial charge in [0, 0.05) is 5.69 Å². The molecule has 1 heterocycles. The van der Waals surface area contributed by atoms with Crippen LogP contribution in [0.25, 0.3) is 0 Å². The molecule has 0 aliphatic heterocycles. The highest BCUT2D eigenvalue weighted by molar-refractivity contribution is 7.93. The zero-order chi connectivity index (χ0) is 21.7. The van der Waals surface area contributed by atoms with E-state index in [1.54, 1.807) is 48.5 Å². The molecule has 0 spiro atoms. The zero-order valence-corrected chi connectivity index (χ0v) is 18.0. The van der Waals surface area contributed by atoms with E-state index in [1.165, 1.54) is 18.6 Å². The van der Waals surface area contributed by atoms with Crippen LogP contribution in [0.3, 0.4) is 0 Å². The molecule has 0 saturated heterocycles. The lowest BCUT2D eigenvalue weighted by atomic mass is 10.2. The van der Waals surface area contributed by atoms with E-state index in [0.29, 0.717) is 11.4 Å². The summed E-state index contributed by atoms with van der Waals surface area (Å²) in [5.41, 5.74) is 1.80. The fraction of sp³-hybridized carbons (Fsp3) is 0.143. The number of nitrogens with zero attached hydrogens (tertiary/aromatic N) is 1. The van der Waals surface area contributed by atoms with Crippen molar-refractivity contribution < 1.29 is 22.7 Å². The fourth-order valence-electron chi connectivity index (χ4n) is 2.74. The molecule has 2 aromatic carbocycles. The minimum Gasteiger partial charge on any atom is -0.465 e. The summed E-state index contributed by atoms with van der Waals surface area (Å²) in [5.74, 6) is -1.26. The van der Waals surface area contributed by atoms with Gasteiger partial charge in [0.1, 0.15) is 16.3 Å². The summed E-state index contributed by atoms with van der Waals surface area (Å²) in [6.45, 7) is 1.41. The first kappa shape index (κ1) is 21.5. The average Bonchev–Trinajstić information content (AvgIpc) is 3.24. The summed E-state index contributed by atoms with van der Waals surface area (Å²) in [5, 5.41) is 4.18. The largest absolute Gasteiger partial charge is 0.465 e. The van der Waals surface area contributed by atoms with Crippen LogP contribution in [0, 0.1) is 6.92 Å². The topological polar surface area (TPSA) is 92.8 Å². The number of hydrogen-bond acceptors (Lipinski definition) is 6. The Hall–Kier alpha value is -3.17. The molecule has 0 radical (unpaired) electrons. The van der Waals surface area contributed by atoms with Gasteiger partial charge in [-0.3, -0.25) is 9.10 Å². The molecular formula is C21H20N2O5S2. The molecule has 0 aliphatic carbocycles. The number of para-hydroxylation sites is 1. The number of aryl methyl sites for hydroxylation is 1. The van der Waals surface area contributed by atoms with E-state index < -0.39 is 28.4 Å². The zero-order valence-electron chi connectivity index (χ0n) is 16.4. The molecule has 156 valence electrons. The highest BCUT2D eigenvalue weighted by atomic mass is 32.2. The molecule has 9 heteroatoms. The second kappa shape index (κ2) is 9.10. The predicted octanol–water partition coefficient (Wildman–Crippen LogP) is 3.68. The van der Waals surface area contributed by atoms with Crippen molar-refractivity contribution >= 4 is 44.6 Å². The summed E-state index contributed by atoms with van der Waals surface area (Å²) < 4.78 is 32.6. The van der Waals surface area contributed by atoms with E-state index >= 15 is 0 Å². The van der Waals surface area contributed by atoms with Gasteiger partial charge in [0.15, 0.2) is 0 Å². The van der Waals surface area contributed by atoms with E-state index in [9.17, 15) is 18.0 Å². The molecule has 1 N–H and O–H groups in total. The summed E-state index contributed by atoms with van der Waals surface area (Å²) in [7, 11) is -3.03. The summed E-state index contributed by atoms with van der Waals surface area (Å²) in [4.78, 5) is 24.4. The first-order valence-electron chi connectivity index (χ1n) is 8.93. The van der Waals surface area contributed by atoms with E-state index in [2.05, 4.69) is 5.32 Å². The molecule has 0 saturated carbocycles. The number of sulfonamides is 1. The molecule has 0 unspecified atom stereocenters. The van der Waals surface area contributed by atoms with Crippen molar-refractivity contribution in [1.82, 2.24) is 0 Å². The van der Waals surface area contributed by atoms with Crippen LogP contribution in [-0.4, -0.2) is 33.9 Å². The molecule has 0 bridgehead atoms. The second-order valence-electron chi connectivity index (χ2n) is 6.37. The van der Waals surface area contributed by atoms with Crippen LogP contribution in [0.1, 0.15) is 15.2 Å². The number of carbonyl (C=O) groups is 2. The maximum Gasteiger partial charge on any atom is 0.349 e. The van der Waals surface area contributed by atoms with Gasteiger partial charge in [0.05, 0.1) is 12.8 Å². The van der Waals surface area contributed by atoms with Crippen LogP contribution < -0.4 is 9.62 Å². The summed E-state index contributed by atoms with van der Waals surface area (Å²) in [6.07, 6.45) is 0. The maximum absolute atomic E-state index is 13.5. The number of hydrogen-bond donors (Lipinski definition) is 1. The van der Waals surface area contributed by atoms with Gasteiger partial charge in [-0.1, -0.05) is 35.9 Å². The van der Waals surface area contributed by atoms with Crippen LogP contribution >= 0.6 is 11.3 Å².